The van der Waals surface area contributed by atoms with Gasteiger partial charge in [0.1, 0.15) is 5.60 Å². The Morgan fingerprint density at radius 1 is 1.17 bits per heavy atom. The number of nitrogens with zero attached hydrogens (tertiary/aromatic N) is 1. The van der Waals surface area contributed by atoms with Gasteiger partial charge in [0.05, 0.1) is 12.8 Å². The van der Waals surface area contributed by atoms with Gasteiger partial charge in [-0.25, -0.2) is 4.79 Å². The molecule has 1 aliphatic carbocycles. The van der Waals surface area contributed by atoms with E-state index in [2.05, 4.69) is 13.2 Å². The Bertz CT molecular complexity index is 394. The van der Waals surface area contributed by atoms with Gasteiger partial charge in [0.25, 0.3) is 5.78 Å². The molecule has 140 valence electrons. The molecule has 4 nitrogen and oxygen atoms in total. The summed E-state index contributed by atoms with van der Waals surface area (Å²) in [5, 5.41) is 0. The van der Waals surface area contributed by atoms with E-state index < -0.39 is 5.60 Å². The van der Waals surface area contributed by atoms with Crippen LogP contribution in [0.15, 0.2) is 25.3 Å². The summed E-state index contributed by atoms with van der Waals surface area (Å²) in [7, 11) is 0. The van der Waals surface area contributed by atoms with Gasteiger partial charge < -0.3 is 9.64 Å². The lowest BCUT2D eigenvalue weighted by Crippen LogP contribution is -2.42. The average Bonchev–Trinajstić information content (AvgIpc) is 2.95. The van der Waals surface area contributed by atoms with Crippen LogP contribution in [0.2, 0.25) is 0 Å². The van der Waals surface area contributed by atoms with Crippen molar-refractivity contribution in [2.24, 2.45) is 5.41 Å². The number of ether oxygens (including phenoxy) is 1. The molecule has 1 saturated heterocycles. The van der Waals surface area contributed by atoms with Crippen molar-refractivity contribution in [3.05, 3.63) is 25.3 Å². The first-order valence-corrected chi connectivity index (χ1v) is 8.96. The van der Waals surface area contributed by atoms with E-state index in [9.17, 15) is 9.59 Å². The Labute approximate surface area is 148 Å². The summed E-state index contributed by atoms with van der Waals surface area (Å²) in [4.78, 5) is 22.8. The second-order valence-corrected chi connectivity index (χ2v) is 6.54. The van der Waals surface area contributed by atoms with Crippen molar-refractivity contribution in [3.63, 3.8) is 0 Å². The van der Waals surface area contributed by atoms with E-state index >= 15 is 0 Å². The van der Waals surface area contributed by atoms with E-state index in [1.165, 1.54) is 0 Å². The molecule has 4 heteroatoms. The zero-order chi connectivity index (χ0) is 19.4. The van der Waals surface area contributed by atoms with Crippen LogP contribution < -0.4 is 0 Å². The van der Waals surface area contributed by atoms with Crippen molar-refractivity contribution < 1.29 is 14.3 Å². The monoisotopic (exact) mass is 340 g/mol. The van der Waals surface area contributed by atoms with Gasteiger partial charge in [-0.1, -0.05) is 53.0 Å². The smallest absolute Gasteiger partial charge is 0.410 e. The molecular formula is C20H38NO3+. The Morgan fingerprint density at radius 3 is 1.96 bits per heavy atom. The third-order valence-corrected chi connectivity index (χ3v) is 3.41. The number of carbonyl (C=O) groups excluding carboxylic acids is 2. The predicted octanol–water partition coefficient (Wildman–Crippen LogP) is 5.36. The fourth-order valence-corrected chi connectivity index (χ4v) is 2.52. The van der Waals surface area contributed by atoms with Gasteiger partial charge in [0.15, 0.2) is 0 Å². The van der Waals surface area contributed by atoms with Crippen LogP contribution in [0, 0.1) is 5.41 Å². The fraction of sp³-hybridized carbons (Fsp3) is 0.700. The number of ketones is 1. The molecule has 1 spiro atoms. The van der Waals surface area contributed by atoms with Crippen molar-refractivity contribution in [2.75, 3.05) is 13.1 Å². The van der Waals surface area contributed by atoms with Gasteiger partial charge in [-0.05, 0) is 27.2 Å². The molecule has 0 unspecified atom stereocenters. The summed E-state index contributed by atoms with van der Waals surface area (Å²) in [6.45, 7) is 21.8. The summed E-state index contributed by atoms with van der Waals surface area (Å²) >= 11 is 0. The highest BCUT2D eigenvalue weighted by Gasteiger charge is 2.52. The number of amides is 1. The van der Waals surface area contributed by atoms with Crippen molar-refractivity contribution in [2.45, 2.75) is 73.3 Å². The zero-order valence-electron chi connectivity index (χ0n) is 16.8. The van der Waals surface area contributed by atoms with E-state index in [1.807, 2.05) is 48.5 Å². The summed E-state index contributed by atoms with van der Waals surface area (Å²) in [6.07, 6.45) is 5.55. The highest BCUT2D eigenvalue weighted by atomic mass is 16.6. The third kappa shape index (κ3) is 8.90. The van der Waals surface area contributed by atoms with E-state index in [0.717, 1.165) is 32.4 Å². The third-order valence-electron chi connectivity index (χ3n) is 3.41. The summed E-state index contributed by atoms with van der Waals surface area (Å²) in [5.74, 6) is 0.575. The minimum atomic E-state index is -0.430. The highest BCUT2D eigenvalue weighted by molar-refractivity contribution is 5.87. The maximum atomic E-state index is 11.8. The summed E-state index contributed by atoms with van der Waals surface area (Å²) in [5.41, 5.74) is -0.276. The number of carbonyl (C=O) groups is 1. The van der Waals surface area contributed by atoms with Crippen LogP contribution >= 0.6 is 0 Å². The molecule has 1 N–H and O–H groups in total. The molecule has 1 aliphatic heterocycles. The first-order chi connectivity index (χ1) is 11.2. The Morgan fingerprint density at radius 2 is 1.62 bits per heavy atom. The maximum Gasteiger partial charge on any atom is 0.410 e. The van der Waals surface area contributed by atoms with E-state index in [1.54, 1.807) is 17.1 Å². The van der Waals surface area contributed by atoms with E-state index in [0.29, 0.717) is 5.78 Å². The van der Waals surface area contributed by atoms with Crippen molar-refractivity contribution >= 4 is 11.9 Å². The number of rotatable bonds is 1. The molecule has 0 atom stereocenters. The van der Waals surface area contributed by atoms with Crippen molar-refractivity contribution in [1.29, 1.82) is 0 Å². The molecule has 1 amide bonds. The minimum Gasteiger partial charge on any atom is -0.444 e. The fourth-order valence-electron chi connectivity index (χ4n) is 2.52. The van der Waals surface area contributed by atoms with Gasteiger partial charge in [-0.2, -0.15) is 0 Å². The van der Waals surface area contributed by atoms with Crippen LogP contribution in [0.25, 0.3) is 0 Å². The van der Waals surface area contributed by atoms with Crippen LogP contribution in [0.1, 0.15) is 67.7 Å². The van der Waals surface area contributed by atoms with Gasteiger partial charge in [0, 0.05) is 18.5 Å². The Hall–Kier alpha value is -1.58. The molecule has 0 aromatic carbocycles. The predicted molar refractivity (Wildman–Crippen MR) is 104 cm³/mol. The molecule has 2 rings (SSSR count). The normalized spacial score (nSPS) is 21.0. The highest BCUT2D eigenvalue weighted by Crippen LogP contribution is 2.45. The first kappa shape index (κ1) is 24.7. The van der Waals surface area contributed by atoms with E-state index in [-0.39, 0.29) is 11.5 Å². The molecule has 24 heavy (non-hydrogen) atoms. The lowest BCUT2D eigenvalue weighted by Gasteiger charge is -2.33. The number of allylic oxidation sites excluding steroid dienone is 2. The Balaban J connectivity index is 0. The van der Waals surface area contributed by atoms with Crippen molar-refractivity contribution in [3.8, 4) is 0 Å². The van der Waals surface area contributed by atoms with Gasteiger partial charge >= 0.3 is 6.09 Å². The summed E-state index contributed by atoms with van der Waals surface area (Å²) in [6, 6.07) is 0. The molecule has 2 aliphatic rings. The summed E-state index contributed by atoms with van der Waals surface area (Å²) < 4.78 is 5.33. The second kappa shape index (κ2) is 11.9. The van der Waals surface area contributed by atoms with Crippen LogP contribution in [-0.2, 0) is 4.74 Å². The van der Waals surface area contributed by atoms with Crippen molar-refractivity contribution in [1.82, 2.24) is 4.90 Å². The number of likely N-dealkylation sites (tertiary alicyclic amines) is 1. The average molecular weight is 341 g/mol. The van der Waals surface area contributed by atoms with Crippen LogP contribution in [0.4, 0.5) is 4.79 Å². The molecule has 0 aromatic heterocycles. The minimum absolute atomic E-state index is 0.154. The van der Waals surface area contributed by atoms with Gasteiger partial charge in [-0.3, -0.25) is 4.79 Å². The van der Waals surface area contributed by atoms with Gasteiger partial charge in [-0.15, -0.1) is 0 Å². The van der Waals surface area contributed by atoms with Crippen LogP contribution in [-0.4, -0.2) is 40.3 Å². The number of hydrogen-bond acceptors (Lipinski definition) is 2. The Kier molecular flexibility index (Phi) is 12.2. The lowest BCUT2D eigenvalue weighted by atomic mass is 9.67. The maximum absolute atomic E-state index is 11.8. The number of hydrogen-bond donors (Lipinski definition) is 0. The molecule has 1 saturated carbocycles. The standard InChI is InChI=1S/C12H19NO3.C4H6.2C2H6/c1-11(2,3)16-10(15)13-5-4-12(8-13)6-9(14)7-12;1-3-4-2;2*1-2/h4-8H2,1-3H3;3-4H,1-2H2;2*1-2H3/p+1. The molecule has 1 heterocycles. The van der Waals surface area contributed by atoms with Crippen LogP contribution in [0.3, 0.4) is 0 Å². The largest absolute Gasteiger partial charge is 0.444 e. The quantitative estimate of drug-likeness (QED) is 0.476. The SMILES string of the molecule is C=CC=C.CC.CC.CC(C)(C)OC(=O)N1CCC2(CC(=[OH+])C2)C1. The second-order valence-electron chi connectivity index (χ2n) is 6.54. The molecule has 0 aromatic rings. The van der Waals surface area contributed by atoms with E-state index in [4.69, 9.17) is 4.74 Å². The van der Waals surface area contributed by atoms with Crippen LogP contribution in [0.5, 0.6) is 0 Å². The topological polar surface area (TPSA) is 50.9 Å². The zero-order valence-corrected chi connectivity index (χ0v) is 16.8. The van der Waals surface area contributed by atoms with Gasteiger partial charge in [0.2, 0.25) is 0 Å². The lowest BCUT2D eigenvalue weighted by molar-refractivity contribution is 0.0268. The first-order valence-electron chi connectivity index (χ1n) is 8.96. The molecule has 2 fully saturated rings. The molecule has 0 radical (unpaired) electrons. The molecular weight excluding hydrogens is 302 g/mol. The molecule has 0 bridgehead atoms.